The van der Waals surface area contributed by atoms with Crippen molar-refractivity contribution in [1.29, 1.82) is 0 Å². The number of esters is 1. The third kappa shape index (κ3) is 5.92. The van der Waals surface area contributed by atoms with Crippen molar-refractivity contribution in [3.05, 3.63) is 71.3 Å². The van der Waals surface area contributed by atoms with Crippen LogP contribution >= 0.6 is 0 Å². The number of rotatable bonds is 6. The lowest BCUT2D eigenvalue weighted by Crippen LogP contribution is -2.20. The van der Waals surface area contributed by atoms with Crippen LogP contribution in [-0.4, -0.2) is 18.5 Å². The second-order valence-electron chi connectivity index (χ2n) is 6.13. The van der Waals surface area contributed by atoms with Gasteiger partial charge in [-0.05, 0) is 41.7 Å². The Morgan fingerprint density at radius 1 is 1.08 bits per heavy atom. The van der Waals surface area contributed by atoms with E-state index in [9.17, 15) is 9.59 Å². The van der Waals surface area contributed by atoms with Crippen molar-refractivity contribution < 1.29 is 14.3 Å². The van der Waals surface area contributed by atoms with E-state index in [0.717, 1.165) is 11.1 Å². The molecule has 2 rings (SSSR count). The summed E-state index contributed by atoms with van der Waals surface area (Å²) in [4.78, 5) is 23.6. The van der Waals surface area contributed by atoms with Gasteiger partial charge in [0.05, 0.1) is 0 Å². The van der Waals surface area contributed by atoms with Gasteiger partial charge >= 0.3 is 5.97 Å². The molecule has 0 aliphatic heterocycles. The third-order valence-electron chi connectivity index (χ3n) is 3.78. The summed E-state index contributed by atoms with van der Waals surface area (Å²) in [5.41, 5.74) is 3.81. The first-order valence-corrected chi connectivity index (χ1v) is 8.26. The van der Waals surface area contributed by atoms with Crippen LogP contribution < -0.4 is 5.32 Å². The predicted molar refractivity (Wildman–Crippen MR) is 100 cm³/mol. The Bertz CT molecular complexity index is 761. The number of aryl methyl sites for hydroxylation is 1. The van der Waals surface area contributed by atoms with E-state index in [2.05, 4.69) is 19.2 Å². The Labute approximate surface area is 148 Å². The van der Waals surface area contributed by atoms with Crippen LogP contribution in [0.2, 0.25) is 0 Å². The fourth-order valence-electron chi connectivity index (χ4n) is 2.24. The molecule has 4 nitrogen and oxygen atoms in total. The van der Waals surface area contributed by atoms with Crippen molar-refractivity contribution in [3.8, 4) is 0 Å². The number of anilines is 1. The van der Waals surface area contributed by atoms with E-state index in [4.69, 9.17) is 4.74 Å². The van der Waals surface area contributed by atoms with Crippen LogP contribution in [0, 0.1) is 6.92 Å². The number of hydrogen-bond acceptors (Lipinski definition) is 3. The first-order chi connectivity index (χ1) is 12.0. The maximum atomic E-state index is 11.8. The third-order valence-corrected chi connectivity index (χ3v) is 3.78. The average molecular weight is 337 g/mol. The molecule has 2 aromatic rings. The molecule has 0 saturated carbocycles. The van der Waals surface area contributed by atoms with Crippen molar-refractivity contribution >= 4 is 23.6 Å². The number of hydrogen-bond donors (Lipinski definition) is 1. The van der Waals surface area contributed by atoms with Gasteiger partial charge in [0.15, 0.2) is 6.61 Å². The fourth-order valence-corrected chi connectivity index (χ4v) is 2.24. The molecule has 4 heteroatoms. The number of carbonyl (C=O) groups is 2. The Kier molecular flexibility index (Phi) is 6.52. The highest BCUT2D eigenvalue weighted by atomic mass is 16.5. The average Bonchev–Trinajstić information content (AvgIpc) is 2.60. The van der Waals surface area contributed by atoms with Gasteiger partial charge in [0.2, 0.25) is 0 Å². The lowest BCUT2D eigenvalue weighted by atomic mass is 10.0. The van der Waals surface area contributed by atoms with E-state index in [0.29, 0.717) is 11.6 Å². The van der Waals surface area contributed by atoms with Crippen LogP contribution in [0.4, 0.5) is 5.69 Å². The number of para-hydroxylation sites is 1. The van der Waals surface area contributed by atoms with Crippen molar-refractivity contribution in [2.45, 2.75) is 26.7 Å². The van der Waals surface area contributed by atoms with Crippen molar-refractivity contribution in [3.63, 3.8) is 0 Å². The molecule has 2 aromatic carbocycles. The molecule has 0 spiro atoms. The van der Waals surface area contributed by atoms with Crippen molar-refractivity contribution in [2.75, 3.05) is 11.9 Å². The highest BCUT2D eigenvalue weighted by Crippen LogP contribution is 2.15. The van der Waals surface area contributed by atoms with E-state index in [1.807, 2.05) is 49.4 Å². The monoisotopic (exact) mass is 337 g/mol. The molecule has 0 aliphatic rings. The minimum atomic E-state index is -0.548. The van der Waals surface area contributed by atoms with Crippen LogP contribution in [0.15, 0.2) is 54.6 Å². The van der Waals surface area contributed by atoms with Gasteiger partial charge in [0.25, 0.3) is 5.91 Å². The first-order valence-electron chi connectivity index (χ1n) is 8.26. The number of benzene rings is 2. The summed E-state index contributed by atoms with van der Waals surface area (Å²) in [6.07, 6.45) is 3.00. The van der Waals surface area contributed by atoms with E-state index >= 15 is 0 Å². The van der Waals surface area contributed by atoms with E-state index in [1.54, 1.807) is 12.1 Å². The summed E-state index contributed by atoms with van der Waals surface area (Å²) < 4.78 is 4.96. The minimum absolute atomic E-state index is 0.316. The number of nitrogens with one attached hydrogen (secondary N) is 1. The van der Waals surface area contributed by atoms with Crippen LogP contribution in [0.3, 0.4) is 0 Å². The van der Waals surface area contributed by atoms with Gasteiger partial charge in [0, 0.05) is 11.8 Å². The Morgan fingerprint density at radius 2 is 1.76 bits per heavy atom. The summed E-state index contributed by atoms with van der Waals surface area (Å²) >= 11 is 0. The molecule has 0 bridgehead atoms. The molecule has 1 amide bonds. The molecule has 0 fully saturated rings. The topological polar surface area (TPSA) is 55.4 Å². The quantitative estimate of drug-likeness (QED) is 0.631. The van der Waals surface area contributed by atoms with Gasteiger partial charge in [-0.1, -0.05) is 56.3 Å². The van der Waals surface area contributed by atoms with Gasteiger partial charge in [-0.2, -0.15) is 0 Å². The van der Waals surface area contributed by atoms with Crippen LogP contribution in [0.25, 0.3) is 6.08 Å². The van der Waals surface area contributed by atoms with Crippen molar-refractivity contribution in [2.24, 2.45) is 0 Å². The molecule has 0 saturated heterocycles. The molecule has 0 unspecified atom stereocenters. The molecule has 0 radical (unpaired) electrons. The molecule has 0 atom stereocenters. The minimum Gasteiger partial charge on any atom is -0.452 e. The van der Waals surface area contributed by atoms with Gasteiger partial charge in [-0.15, -0.1) is 0 Å². The maximum absolute atomic E-state index is 11.8. The van der Waals surface area contributed by atoms with Gasteiger partial charge < -0.3 is 10.1 Å². The van der Waals surface area contributed by atoms with Crippen LogP contribution in [0.5, 0.6) is 0 Å². The van der Waals surface area contributed by atoms with E-state index in [1.165, 1.54) is 11.6 Å². The number of carbonyl (C=O) groups excluding carboxylic acids is 2. The summed E-state index contributed by atoms with van der Waals surface area (Å²) in [5.74, 6) is -0.444. The van der Waals surface area contributed by atoms with Gasteiger partial charge in [-0.25, -0.2) is 4.79 Å². The zero-order chi connectivity index (χ0) is 18.2. The Morgan fingerprint density at radius 3 is 2.40 bits per heavy atom. The predicted octanol–water partition coefficient (Wildman–Crippen LogP) is 4.31. The molecule has 0 aromatic heterocycles. The molecular weight excluding hydrogens is 314 g/mol. The molecular formula is C21H23NO3. The molecule has 130 valence electrons. The van der Waals surface area contributed by atoms with Gasteiger partial charge in [-0.3, -0.25) is 4.79 Å². The molecule has 25 heavy (non-hydrogen) atoms. The zero-order valence-corrected chi connectivity index (χ0v) is 14.8. The highest BCUT2D eigenvalue weighted by Gasteiger charge is 2.07. The van der Waals surface area contributed by atoms with Crippen molar-refractivity contribution in [1.82, 2.24) is 0 Å². The largest absolute Gasteiger partial charge is 0.452 e. The number of ether oxygens (including phenoxy) is 1. The lowest BCUT2D eigenvalue weighted by molar-refractivity contribution is -0.142. The Hall–Kier alpha value is -2.88. The van der Waals surface area contributed by atoms with Crippen LogP contribution in [0.1, 0.15) is 36.5 Å². The first kappa shape index (κ1) is 18.5. The molecule has 0 heterocycles. The second kappa shape index (κ2) is 8.83. The second-order valence-corrected chi connectivity index (χ2v) is 6.13. The standard InChI is InChI=1S/C21H23NO3/c1-15(2)18-11-8-17(9-12-18)10-13-21(24)25-14-20(23)22-19-7-5-4-6-16(19)3/h4-13,15H,14H2,1-3H3,(H,22,23). The fraction of sp³-hybridized carbons (Fsp3) is 0.238. The summed E-state index contributed by atoms with van der Waals surface area (Å²) in [5, 5.41) is 2.72. The smallest absolute Gasteiger partial charge is 0.331 e. The zero-order valence-electron chi connectivity index (χ0n) is 14.8. The number of amides is 1. The van der Waals surface area contributed by atoms with E-state index < -0.39 is 5.97 Å². The normalized spacial score (nSPS) is 10.9. The maximum Gasteiger partial charge on any atom is 0.331 e. The molecule has 1 N–H and O–H groups in total. The molecule has 0 aliphatic carbocycles. The summed E-state index contributed by atoms with van der Waals surface area (Å²) in [6, 6.07) is 15.4. The summed E-state index contributed by atoms with van der Waals surface area (Å²) in [6.45, 7) is 5.84. The Balaban J connectivity index is 1.81. The van der Waals surface area contributed by atoms with Gasteiger partial charge in [0.1, 0.15) is 0 Å². The summed E-state index contributed by atoms with van der Waals surface area (Å²) in [7, 11) is 0. The highest BCUT2D eigenvalue weighted by molar-refractivity contribution is 5.95. The van der Waals surface area contributed by atoms with Crippen LogP contribution in [-0.2, 0) is 14.3 Å². The lowest BCUT2D eigenvalue weighted by Gasteiger charge is -2.07. The SMILES string of the molecule is Cc1ccccc1NC(=O)COC(=O)C=Cc1ccc(C(C)C)cc1. The van der Waals surface area contributed by atoms with E-state index in [-0.39, 0.29) is 12.5 Å².